The van der Waals surface area contributed by atoms with E-state index in [-0.39, 0.29) is 24.3 Å². The Hall–Kier alpha value is -5.58. The third-order valence-corrected chi connectivity index (χ3v) is 14.5. The van der Waals surface area contributed by atoms with E-state index in [1.165, 1.54) is 109 Å². The molecular formula is C50H38B2N2OS. The number of para-hydroxylation sites is 1. The highest BCUT2D eigenvalue weighted by Gasteiger charge is 2.43. The summed E-state index contributed by atoms with van der Waals surface area (Å²) in [5.41, 5.74) is 18.6. The monoisotopic (exact) mass is 736 g/mol. The lowest BCUT2D eigenvalue weighted by atomic mass is 9.34. The Morgan fingerprint density at radius 2 is 1.04 bits per heavy atom. The highest BCUT2D eigenvalue weighted by atomic mass is 32.2. The van der Waals surface area contributed by atoms with Crippen molar-refractivity contribution < 1.29 is 4.74 Å². The summed E-state index contributed by atoms with van der Waals surface area (Å²) in [4.78, 5) is 2.73. The number of fused-ring (bicyclic) bond motifs is 16. The molecule has 4 aliphatic rings. The molecule has 13 rings (SSSR count). The van der Waals surface area contributed by atoms with Crippen molar-refractivity contribution in [2.75, 3.05) is 0 Å². The lowest BCUT2D eigenvalue weighted by Crippen LogP contribution is -2.58. The van der Waals surface area contributed by atoms with Crippen LogP contribution >= 0.6 is 11.8 Å². The van der Waals surface area contributed by atoms with Crippen LogP contribution < -0.4 is 37.5 Å². The number of rotatable bonds is 0. The first-order valence-electron chi connectivity index (χ1n) is 20.0. The zero-order chi connectivity index (χ0) is 37.6. The van der Waals surface area contributed by atoms with Gasteiger partial charge in [0.05, 0.1) is 22.1 Å². The lowest BCUT2D eigenvalue weighted by Gasteiger charge is -2.34. The lowest BCUT2D eigenvalue weighted by molar-refractivity contribution is 0.488. The summed E-state index contributed by atoms with van der Waals surface area (Å²) < 4.78 is 11.9. The molecule has 0 bridgehead atoms. The van der Waals surface area contributed by atoms with Crippen molar-refractivity contribution in [3.63, 3.8) is 0 Å². The topological polar surface area (TPSA) is 19.1 Å². The van der Waals surface area contributed by atoms with E-state index in [9.17, 15) is 0 Å². The van der Waals surface area contributed by atoms with Crippen molar-refractivity contribution >= 4 is 102 Å². The molecule has 0 atom stereocenters. The molecule has 6 heterocycles. The van der Waals surface area contributed by atoms with Gasteiger partial charge in [0, 0.05) is 42.7 Å². The molecule has 6 heteroatoms. The number of ether oxygens (including phenoxy) is 1. The summed E-state index contributed by atoms with van der Waals surface area (Å²) in [6.07, 6.45) is 0. The maximum absolute atomic E-state index is 6.75. The van der Waals surface area contributed by atoms with Gasteiger partial charge in [-0.25, -0.2) is 0 Å². The molecule has 0 saturated heterocycles. The summed E-state index contributed by atoms with van der Waals surface area (Å²) in [5.74, 6) is 1.92. The Bertz CT molecular complexity index is 3090. The summed E-state index contributed by atoms with van der Waals surface area (Å²) in [5, 5.41) is 5.21. The number of hydrogen-bond acceptors (Lipinski definition) is 2. The van der Waals surface area contributed by atoms with E-state index in [1.807, 2.05) is 11.8 Å². The normalized spacial score (nSPS) is 14.6. The Kier molecular flexibility index (Phi) is 5.77. The van der Waals surface area contributed by atoms with Gasteiger partial charge in [-0.05, 0) is 104 Å². The second-order valence-corrected chi connectivity index (χ2v) is 19.6. The first-order chi connectivity index (χ1) is 27.0. The Balaban J connectivity index is 1.18. The number of hydrogen-bond donors (Lipinski definition) is 0. The van der Waals surface area contributed by atoms with E-state index in [0.717, 1.165) is 11.5 Å². The molecule has 0 aliphatic carbocycles. The second-order valence-electron chi connectivity index (χ2n) is 18.5. The van der Waals surface area contributed by atoms with Crippen LogP contribution in [0.15, 0.2) is 131 Å². The van der Waals surface area contributed by atoms with Crippen LogP contribution in [-0.2, 0) is 10.8 Å². The quantitative estimate of drug-likeness (QED) is 0.145. The fraction of sp³-hybridized carbons (Fsp3) is 0.160. The van der Waals surface area contributed by atoms with E-state index < -0.39 is 0 Å². The predicted molar refractivity (Wildman–Crippen MR) is 239 cm³/mol. The van der Waals surface area contributed by atoms with Gasteiger partial charge in [-0.2, -0.15) is 0 Å². The summed E-state index contributed by atoms with van der Waals surface area (Å²) >= 11 is 1.93. The van der Waals surface area contributed by atoms with E-state index >= 15 is 0 Å². The maximum atomic E-state index is 6.75. The first-order valence-corrected chi connectivity index (χ1v) is 20.8. The molecule has 0 N–H and O–H groups in total. The molecule has 2 aromatic heterocycles. The van der Waals surface area contributed by atoms with Gasteiger partial charge in [0.15, 0.2) is 0 Å². The number of benzene rings is 7. The van der Waals surface area contributed by atoms with E-state index in [0.29, 0.717) is 0 Å². The van der Waals surface area contributed by atoms with Gasteiger partial charge in [0.25, 0.3) is 6.71 Å². The van der Waals surface area contributed by atoms with Gasteiger partial charge >= 0.3 is 0 Å². The first kappa shape index (κ1) is 31.6. The predicted octanol–water partition coefficient (Wildman–Crippen LogP) is 8.71. The largest absolute Gasteiger partial charge is 0.458 e. The Labute approximate surface area is 331 Å². The van der Waals surface area contributed by atoms with Crippen LogP contribution in [0.4, 0.5) is 0 Å². The summed E-state index contributed by atoms with van der Waals surface area (Å²) in [6.45, 7) is 14.2. The average molecular weight is 737 g/mol. The SMILES string of the molecule is CC(C)(C)c1ccc2c(c1)B1c3ccccc3Oc3ccc4c5cc6c7ccc8c9c7n(c6cc5n-2c4c31)-c1ccc(C(C)(C)C)cc1B9c1ccccc1S8. The van der Waals surface area contributed by atoms with Gasteiger partial charge in [-0.15, -0.1) is 0 Å². The van der Waals surface area contributed by atoms with Crippen molar-refractivity contribution in [3.8, 4) is 22.9 Å². The van der Waals surface area contributed by atoms with Gasteiger partial charge in [0.1, 0.15) is 11.5 Å². The average Bonchev–Trinajstić information content (AvgIpc) is 3.70. The molecule has 0 unspecified atom stereocenters. The minimum absolute atomic E-state index is 0.0183. The van der Waals surface area contributed by atoms with E-state index in [1.54, 1.807) is 0 Å². The van der Waals surface area contributed by atoms with Gasteiger partial charge in [-0.3, -0.25) is 0 Å². The minimum Gasteiger partial charge on any atom is -0.458 e. The van der Waals surface area contributed by atoms with Crippen molar-refractivity contribution in [1.29, 1.82) is 0 Å². The van der Waals surface area contributed by atoms with Crippen molar-refractivity contribution in [1.82, 2.24) is 9.13 Å². The summed E-state index contributed by atoms with van der Waals surface area (Å²) in [6, 6.07) is 46.6. The fourth-order valence-electron chi connectivity index (χ4n) is 10.7. The molecule has 0 saturated carbocycles. The molecule has 56 heavy (non-hydrogen) atoms. The zero-order valence-electron chi connectivity index (χ0n) is 32.4. The van der Waals surface area contributed by atoms with Gasteiger partial charge in [0.2, 0.25) is 6.71 Å². The van der Waals surface area contributed by atoms with Crippen LogP contribution in [0.3, 0.4) is 0 Å². The smallest absolute Gasteiger partial charge is 0.256 e. The molecule has 9 aromatic rings. The standard InChI is InChI=1S/C50H38B2N2OS/c1-49(2,3)27-15-19-37-35(23-27)51-33-11-7-9-13-41(33)55-42-21-17-29-31-25-32-30-18-22-44-46-48(30)54(40(32)26-39(31)53(37)47(29)45(42)51)38-20-16-28(50(4,5)6)24-36(38)52(46)34-12-8-10-14-43(34)56-44/h7-26H,1-6H3. The van der Waals surface area contributed by atoms with Crippen molar-refractivity contribution in [2.24, 2.45) is 0 Å². The van der Waals surface area contributed by atoms with E-state index in [2.05, 4.69) is 172 Å². The fourth-order valence-corrected chi connectivity index (χ4v) is 11.8. The molecule has 0 fully saturated rings. The second kappa shape index (κ2) is 10.2. The van der Waals surface area contributed by atoms with Crippen LogP contribution in [0, 0.1) is 0 Å². The van der Waals surface area contributed by atoms with E-state index in [4.69, 9.17) is 4.74 Å². The van der Waals surface area contributed by atoms with Gasteiger partial charge in [-0.1, -0.05) is 125 Å². The third-order valence-electron chi connectivity index (χ3n) is 13.3. The number of aromatic nitrogens is 2. The molecule has 7 aromatic carbocycles. The van der Waals surface area contributed by atoms with Crippen LogP contribution in [0.5, 0.6) is 11.5 Å². The highest BCUT2D eigenvalue weighted by Crippen LogP contribution is 2.45. The van der Waals surface area contributed by atoms with Crippen LogP contribution in [-0.4, -0.2) is 22.6 Å². The molecule has 3 nitrogen and oxygen atoms in total. The minimum atomic E-state index is 0.0183. The third kappa shape index (κ3) is 3.84. The molecular weight excluding hydrogens is 698 g/mol. The van der Waals surface area contributed by atoms with Gasteiger partial charge < -0.3 is 13.9 Å². The highest BCUT2D eigenvalue weighted by molar-refractivity contribution is 8.00. The maximum Gasteiger partial charge on any atom is 0.256 e. The van der Waals surface area contributed by atoms with Crippen molar-refractivity contribution in [2.45, 2.75) is 62.2 Å². The van der Waals surface area contributed by atoms with Crippen molar-refractivity contribution in [3.05, 3.63) is 132 Å². The molecule has 0 radical (unpaired) electrons. The molecule has 4 aliphatic heterocycles. The van der Waals surface area contributed by atoms with Crippen LogP contribution in [0.1, 0.15) is 52.7 Å². The van der Waals surface area contributed by atoms with Crippen LogP contribution in [0.2, 0.25) is 0 Å². The van der Waals surface area contributed by atoms with Crippen LogP contribution in [0.25, 0.3) is 55.0 Å². The number of nitrogens with zero attached hydrogens (tertiary/aromatic N) is 2. The molecule has 266 valence electrons. The Morgan fingerprint density at radius 3 is 1.70 bits per heavy atom. The zero-order valence-corrected chi connectivity index (χ0v) is 33.2. The Morgan fingerprint density at radius 1 is 0.464 bits per heavy atom. The molecule has 0 amide bonds. The summed E-state index contributed by atoms with van der Waals surface area (Å²) in [7, 11) is 0. The molecule has 0 spiro atoms.